The fourth-order valence-electron chi connectivity index (χ4n) is 3.59. The van der Waals surface area contributed by atoms with E-state index in [0.717, 1.165) is 19.1 Å². The summed E-state index contributed by atoms with van der Waals surface area (Å²) in [6.45, 7) is 2.22. The van der Waals surface area contributed by atoms with Crippen LogP contribution < -0.4 is 5.32 Å². The van der Waals surface area contributed by atoms with Gasteiger partial charge in [-0.25, -0.2) is 13.4 Å². The van der Waals surface area contributed by atoms with E-state index in [0.29, 0.717) is 44.2 Å². The highest BCUT2D eigenvalue weighted by molar-refractivity contribution is 7.90. The Balaban J connectivity index is 1.55. The minimum atomic E-state index is -3.18. The van der Waals surface area contributed by atoms with E-state index in [4.69, 9.17) is 14.7 Å². The average molecular weight is 423 g/mol. The maximum Gasteiger partial charge on any atom is 0.223 e. The van der Waals surface area contributed by atoms with Crippen molar-refractivity contribution in [2.24, 2.45) is 0 Å². The van der Waals surface area contributed by atoms with Crippen molar-refractivity contribution in [1.82, 2.24) is 9.88 Å². The molecule has 3 rings (SSSR count). The molecule has 0 bridgehead atoms. The summed E-state index contributed by atoms with van der Waals surface area (Å²) >= 11 is 0. The molecule has 29 heavy (non-hydrogen) atoms. The van der Waals surface area contributed by atoms with Gasteiger partial charge in [0.2, 0.25) is 5.91 Å². The number of hydrogen-bond acceptors (Lipinski definition) is 8. The third-order valence-electron chi connectivity index (χ3n) is 5.13. The van der Waals surface area contributed by atoms with Crippen LogP contribution in [-0.4, -0.2) is 80.8 Å². The fraction of sp³-hybridized carbons (Fsp3) is 0.632. The highest BCUT2D eigenvalue weighted by Gasteiger charge is 2.43. The number of ether oxygens (including phenoxy) is 2. The second kappa shape index (κ2) is 9.07. The standard InChI is InChI=1S/C19H26N4O5S/c1-29(25,26)9-5-18(24)23-7-8-27-14-19(13-23)6-4-16(28-19)12-22-17-3-2-15(10-20)11-21-17/h2-3,11,16H,4-9,12-14H2,1H3,(H,21,22)/t16-,19-/m1/s1. The van der Waals surface area contributed by atoms with Crippen LogP contribution in [0.4, 0.5) is 5.82 Å². The lowest BCUT2D eigenvalue weighted by molar-refractivity contribution is -0.135. The van der Waals surface area contributed by atoms with Gasteiger partial charge >= 0.3 is 0 Å². The van der Waals surface area contributed by atoms with Gasteiger partial charge in [-0.3, -0.25) is 4.79 Å². The summed E-state index contributed by atoms with van der Waals surface area (Å²) in [7, 11) is -3.18. The predicted molar refractivity (Wildman–Crippen MR) is 106 cm³/mol. The van der Waals surface area contributed by atoms with Crippen LogP contribution in [0.2, 0.25) is 0 Å². The minimum Gasteiger partial charge on any atom is -0.377 e. The molecule has 0 saturated carbocycles. The molecule has 2 aliphatic rings. The molecule has 2 aliphatic heterocycles. The van der Waals surface area contributed by atoms with Gasteiger partial charge in [0.15, 0.2) is 0 Å². The van der Waals surface area contributed by atoms with Gasteiger partial charge in [-0.05, 0) is 25.0 Å². The smallest absolute Gasteiger partial charge is 0.223 e. The molecule has 1 aromatic heterocycles. The zero-order valence-electron chi connectivity index (χ0n) is 16.5. The van der Waals surface area contributed by atoms with Crippen molar-refractivity contribution in [2.45, 2.75) is 31.0 Å². The van der Waals surface area contributed by atoms with Gasteiger partial charge in [-0.1, -0.05) is 0 Å². The number of carbonyl (C=O) groups is 1. The van der Waals surface area contributed by atoms with Gasteiger partial charge in [0.25, 0.3) is 0 Å². The van der Waals surface area contributed by atoms with Crippen LogP contribution in [0, 0.1) is 11.3 Å². The molecule has 0 unspecified atom stereocenters. The third-order valence-corrected chi connectivity index (χ3v) is 6.08. The van der Waals surface area contributed by atoms with Crippen molar-refractivity contribution >= 4 is 21.6 Å². The van der Waals surface area contributed by atoms with Gasteiger partial charge in [-0.2, -0.15) is 5.26 Å². The van der Waals surface area contributed by atoms with Crippen molar-refractivity contribution in [3.63, 3.8) is 0 Å². The van der Waals surface area contributed by atoms with Crippen molar-refractivity contribution in [2.75, 3.05) is 50.2 Å². The van der Waals surface area contributed by atoms with E-state index in [-0.39, 0.29) is 24.2 Å². The quantitative estimate of drug-likeness (QED) is 0.706. The molecule has 9 nitrogen and oxygen atoms in total. The summed E-state index contributed by atoms with van der Waals surface area (Å²) < 4.78 is 34.7. The Labute approximate surface area is 170 Å². The van der Waals surface area contributed by atoms with Crippen molar-refractivity contribution < 1.29 is 22.7 Å². The average Bonchev–Trinajstić information content (AvgIpc) is 2.97. The number of aromatic nitrogens is 1. The zero-order chi connectivity index (χ0) is 20.9. The van der Waals surface area contributed by atoms with E-state index in [9.17, 15) is 13.2 Å². The Kier molecular flexibility index (Phi) is 6.72. The van der Waals surface area contributed by atoms with E-state index >= 15 is 0 Å². The van der Waals surface area contributed by atoms with Crippen LogP contribution in [-0.2, 0) is 24.1 Å². The second-order valence-corrected chi connectivity index (χ2v) is 9.89. The summed E-state index contributed by atoms with van der Waals surface area (Å²) in [5.41, 5.74) is -0.0651. The molecule has 0 aromatic carbocycles. The number of nitriles is 1. The predicted octanol–water partition coefficient (Wildman–Crippen LogP) is 0.576. The van der Waals surface area contributed by atoms with E-state index in [1.54, 1.807) is 17.0 Å². The van der Waals surface area contributed by atoms with Gasteiger partial charge in [-0.15, -0.1) is 0 Å². The van der Waals surface area contributed by atoms with Crippen LogP contribution in [0.25, 0.3) is 0 Å². The first kappa shape index (κ1) is 21.5. The second-order valence-electron chi connectivity index (χ2n) is 7.63. The number of nitrogens with one attached hydrogen (secondary N) is 1. The summed E-state index contributed by atoms with van der Waals surface area (Å²) in [5, 5.41) is 12.0. The highest BCUT2D eigenvalue weighted by Crippen LogP contribution is 2.33. The lowest BCUT2D eigenvalue weighted by Crippen LogP contribution is -2.47. The molecule has 2 atom stereocenters. The van der Waals surface area contributed by atoms with Crippen molar-refractivity contribution in [3.8, 4) is 6.07 Å². The molecule has 3 heterocycles. The molecule has 158 valence electrons. The summed E-state index contributed by atoms with van der Waals surface area (Å²) in [5.74, 6) is 0.330. The number of rotatable bonds is 6. The molecule has 2 fully saturated rings. The molecule has 0 radical (unpaired) electrons. The molecule has 1 spiro atoms. The maximum absolute atomic E-state index is 12.5. The first-order chi connectivity index (χ1) is 13.8. The Morgan fingerprint density at radius 3 is 3.00 bits per heavy atom. The van der Waals surface area contributed by atoms with Crippen LogP contribution in [0.1, 0.15) is 24.8 Å². The van der Waals surface area contributed by atoms with Gasteiger partial charge in [0, 0.05) is 32.0 Å². The van der Waals surface area contributed by atoms with E-state index in [2.05, 4.69) is 10.3 Å². The van der Waals surface area contributed by atoms with Crippen molar-refractivity contribution in [1.29, 1.82) is 5.26 Å². The Morgan fingerprint density at radius 1 is 1.48 bits per heavy atom. The SMILES string of the molecule is CS(=O)(=O)CCC(=O)N1CCOC[C@@]2(CC[C@H](CNc3ccc(C#N)cn3)O2)C1. The molecular weight excluding hydrogens is 396 g/mol. The van der Waals surface area contributed by atoms with Gasteiger partial charge in [0.05, 0.1) is 37.2 Å². The first-order valence-corrected chi connectivity index (χ1v) is 11.7. The Morgan fingerprint density at radius 2 is 2.31 bits per heavy atom. The van der Waals surface area contributed by atoms with Crippen LogP contribution in [0.3, 0.4) is 0 Å². The molecule has 1 amide bonds. The molecule has 1 N–H and O–H groups in total. The summed E-state index contributed by atoms with van der Waals surface area (Å²) in [6, 6.07) is 5.48. The number of amides is 1. The number of pyridine rings is 1. The maximum atomic E-state index is 12.5. The number of sulfone groups is 1. The topological polar surface area (TPSA) is 122 Å². The Bertz CT molecular complexity index is 868. The van der Waals surface area contributed by atoms with Crippen LogP contribution in [0.5, 0.6) is 0 Å². The third kappa shape index (κ3) is 6.13. The highest BCUT2D eigenvalue weighted by atomic mass is 32.2. The van der Waals surface area contributed by atoms with E-state index in [1.807, 2.05) is 6.07 Å². The first-order valence-electron chi connectivity index (χ1n) is 9.60. The number of anilines is 1. The normalized spacial score (nSPS) is 24.8. The monoisotopic (exact) mass is 422 g/mol. The fourth-order valence-corrected chi connectivity index (χ4v) is 4.14. The van der Waals surface area contributed by atoms with E-state index in [1.165, 1.54) is 6.20 Å². The summed E-state index contributed by atoms with van der Waals surface area (Å²) in [6.07, 6.45) is 4.15. The van der Waals surface area contributed by atoms with Crippen molar-refractivity contribution in [3.05, 3.63) is 23.9 Å². The van der Waals surface area contributed by atoms with E-state index < -0.39 is 15.4 Å². The van der Waals surface area contributed by atoms with Gasteiger partial charge < -0.3 is 19.7 Å². The lowest BCUT2D eigenvalue weighted by atomic mass is 10.00. The molecule has 2 saturated heterocycles. The molecular formula is C19H26N4O5S. The van der Waals surface area contributed by atoms with Gasteiger partial charge in [0.1, 0.15) is 27.3 Å². The summed E-state index contributed by atoms with van der Waals surface area (Å²) in [4.78, 5) is 18.3. The number of hydrogen-bond donors (Lipinski definition) is 1. The zero-order valence-corrected chi connectivity index (χ0v) is 17.3. The lowest BCUT2D eigenvalue weighted by Gasteiger charge is -2.32. The molecule has 10 heteroatoms. The number of nitrogens with zero attached hydrogens (tertiary/aromatic N) is 3. The Hall–Kier alpha value is -2.22. The minimum absolute atomic E-state index is 0.0236. The van der Waals surface area contributed by atoms with Crippen LogP contribution in [0.15, 0.2) is 18.3 Å². The van der Waals surface area contributed by atoms with Crippen LogP contribution >= 0.6 is 0 Å². The molecule has 1 aromatic rings. The number of carbonyl (C=O) groups excluding carboxylic acids is 1. The largest absolute Gasteiger partial charge is 0.377 e. The molecule has 0 aliphatic carbocycles.